The minimum absolute atomic E-state index is 0.146. The second-order valence-electron chi connectivity index (χ2n) is 3.88. The lowest BCUT2D eigenvalue weighted by Gasteiger charge is -2.41. The Hall–Kier alpha value is 0.0300. The molecule has 0 saturated carbocycles. The van der Waals surface area contributed by atoms with E-state index in [4.69, 9.17) is 14.9 Å². The molecule has 0 saturated heterocycles. The minimum atomic E-state index is -4.18. The van der Waals surface area contributed by atoms with Gasteiger partial charge in [-0.1, -0.05) is 13.8 Å². The van der Waals surface area contributed by atoms with Gasteiger partial charge >= 0.3 is 7.60 Å². The molecule has 6 nitrogen and oxygen atoms in total. The van der Waals surface area contributed by atoms with Gasteiger partial charge in [-0.15, -0.1) is 0 Å². The molecule has 0 amide bonds. The summed E-state index contributed by atoms with van der Waals surface area (Å²) in [6.45, 7) is 3.47. The van der Waals surface area contributed by atoms with Crippen LogP contribution in [-0.2, 0) is 4.57 Å². The molecule has 0 aromatic heterocycles. The highest BCUT2D eigenvalue weighted by Crippen LogP contribution is 2.38. The summed E-state index contributed by atoms with van der Waals surface area (Å²) in [6.07, 6.45) is 0.704. The van der Waals surface area contributed by atoms with E-state index in [0.717, 1.165) is 0 Å². The molecule has 0 radical (unpaired) electrons. The number of hydrogen-bond acceptors (Lipinski definition) is 4. The van der Waals surface area contributed by atoms with Gasteiger partial charge < -0.3 is 20.0 Å². The van der Waals surface area contributed by atoms with Crippen LogP contribution in [0.5, 0.6) is 0 Å². The first kappa shape index (κ1) is 16.0. The predicted molar refractivity (Wildman–Crippen MR) is 61.1 cm³/mol. The zero-order valence-electron chi connectivity index (χ0n) is 9.83. The van der Waals surface area contributed by atoms with Crippen molar-refractivity contribution in [2.75, 3.05) is 26.0 Å². The Morgan fingerprint density at radius 2 is 1.69 bits per heavy atom. The summed E-state index contributed by atoms with van der Waals surface area (Å²) in [5, 5.41) is 18.3. The van der Waals surface area contributed by atoms with Gasteiger partial charge in [0.05, 0.1) is 13.2 Å². The fraction of sp³-hybridized carbons (Fsp3) is 1.00. The van der Waals surface area contributed by atoms with Crippen molar-refractivity contribution in [1.82, 2.24) is 4.90 Å². The average Bonchev–Trinajstić information content (AvgIpc) is 2.19. The largest absolute Gasteiger partial charge is 0.395 e. The van der Waals surface area contributed by atoms with Crippen molar-refractivity contribution in [3.8, 4) is 0 Å². The molecule has 0 rings (SSSR count). The molecule has 0 bridgehead atoms. The smallest absolute Gasteiger partial charge is 0.339 e. The lowest BCUT2D eigenvalue weighted by Crippen LogP contribution is -2.52. The van der Waals surface area contributed by atoms with E-state index >= 15 is 0 Å². The molecule has 0 fully saturated rings. The molecule has 4 N–H and O–H groups in total. The van der Waals surface area contributed by atoms with Gasteiger partial charge in [-0.3, -0.25) is 9.46 Å². The summed E-state index contributed by atoms with van der Waals surface area (Å²) in [5.41, 5.74) is -0.663. The summed E-state index contributed by atoms with van der Waals surface area (Å²) in [7, 11) is -4.18. The molecule has 16 heavy (non-hydrogen) atoms. The van der Waals surface area contributed by atoms with E-state index in [1.807, 2.05) is 13.8 Å². The van der Waals surface area contributed by atoms with Crippen molar-refractivity contribution in [3.05, 3.63) is 0 Å². The second-order valence-corrected chi connectivity index (χ2v) is 5.49. The normalized spacial score (nSPS) is 13.4. The zero-order chi connectivity index (χ0) is 12.8. The molecule has 0 aliphatic carbocycles. The van der Waals surface area contributed by atoms with E-state index in [9.17, 15) is 9.67 Å². The molecule has 0 aliphatic rings. The molecule has 0 unspecified atom stereocenters. The first-order chi connectivity index (χ1) is 7.35. The predicted octanol–water partition coefficient (Wildman–Crippen LogP) is -0.0330. The maximum absolute atomic E-state index is 11.0. The fourth-order valence-corrected chi connectivity index (χ4v) is 2.71. The Morgan fingerprint density at radius 3 is 1.94 bits per heavy atom. The van der Waals surface area contributed by atoms with Crippen LogP contribution in [0.15, 0.2) is 0 Å². The summed E-state index contributed by atoms with van der Waals surface area (Å²) in [5.74, 6) is 0. The van der Waals surface area contributed by atoms with E-state index in [-0.39, 0.29) is 19.8 Å². The number of aliphatic hydroxyl groups excluding tert-OH is 2. The number of rotatable bonds is 8. The van der Waals surface area contributed by atoms with Gasteiger partial charge in [0.25, 0.3) is 0 Å². The quantitative estimate of drug-likeness (QED) is 0.454. The topological polar surface area (TPSA) is 101 Å². The third-order valence-electron chi connectivity index (χ3n) is 3.01. The lowest BCUT2D eigenvalue weighted by atomic mass is 9.92. The van der Waals surface area contributed by atoms with Crippen LogP contribution in [0.4, 0.5) is 0 Å². The Morgan fingerprint density at radius 1 is 1.19 bits per heavy atom. The summed E-state index contributed by atoms with van der Waals surface area (Å²) >= 11 is 0. The third-order valence-corrected chi connectivity index (χ3v) is 3.72. The maximum atomic E-state index is 11.0. The van der Waals surface area contributed by atoms with Crippen LogP contribution < -0.4 is 0 Å². The lowest BCUT2D eigenvalue weighted by molar-refractivity contribution is 0.0212. The first-order valence-corrected chi connectivity index (χ1v) is 7.16. The molecule has 0 aliphatic heterocycles. The van der Waals surface area contributed by atoms with Gasteiger partial charge in [0.1, 0.15) is 6.29 Å². The monoisotopic (exact) mass is 255 g/mol. The van der Waals surface area contributed by atoms with Crippen molar-refractivity contribution in [2.24, 2.45) is 0 Å². The highest BCUT2D eigenvalue weighted by Gasteiger charge is 2.35. The van der Waals surface area contributed by atoms with Crippen LogP contribution in [0.3, 0.4) is 0 Å². The molecule has 0 spiro atoms. The minimum Gasteiger partial charge on any atom is -0.395 e. The molecule has 0 atom stereocenters. The third kappa shape index (κ3) is 4.49. The van der Waals surface area contributed by atoms with Crippen molar-refractivity contribution in [3.63, 3.8) is 0 Å². The van der Waals surface area contributed by atoms with Crippen molar-refractivity contribution < 1.29 is 24.6 Å². The van der Waals surface area contributed by atoms with Gasteiger partial charge in [-0.05, 0) is 12.8 Å². The molecule has 0 heterocycles. The van der Waals surface area contributed by atoms with E-state index in [1.54, 1.807) is 0 Å². The number of hydrogen-bond donors (Lipinski definition) is 4. The zero-order valence-corrected chi connectivity index (χ0v) is 10.7. The van der Waals surface area contributed by atoms with Gasteiger partial charge in [-0.25, -0.2) is 0 Å². The molecule has 98 valence electrons. The summed E-state index contributed by atoms with van der Waals surface area (Å²) in [6, 6.07) is 0. The molecule has 0 aromatic carbocycles. The van der Waals surface area contributed by atoms with Gasteiger partial charge in [0, 0.05) is 12.1 Å². The van der Waals surface area contributed by atoms with Crippen LogP contribution >= 0.6 is 7.60 Å². The molecule has 7 heteroatoms. The van der Waals surface area contributed by atoms with Crippen LogP contribution in [0, 0.1) is 0 Å². The van der Waals surface area contributed by atoms with E-state index in [1.165, 1.54) is 4.90 Å². The van der Waals surface area contributed by atoms with Crippen LogP contribution in [0.25, 0.3) is 0 Å². The van der Waals surface area contributed by atoms with Crippen molar-refractivity contribution >= 4 is 7.60 Å². The van der Waals surface area contributed by atoms with Crippen molar-refractivity contribution in [2.45, 2.75) is 32.2 Å². The number of nitrogens with zero attached hydrogens (tertiary/aromatic N) is 1. The SMILES string of the molecule is CCC(CC)(CO)N(CCO)CP(=O)(O)O. The van der Waals surface area contributed by atoms with Crippen LogP contribution in [0.1, 0.15) is 26.7 Å². The van der Waals surface area contributed by atoms with E-state index in [2.05, 4.69) is 0 Å². The Labute approximate surface area is 96.1 Å². The molecular formula is C9H22NO5P. The van der Waals surface area contributed by atoms with E-state index < -0.39 is 19.4 Å². The van der Waals surface area contributed by atoms with E-state index in [0.29, 0.717) is 12.8 Å². The number of aliphatic hydroxyl groups is 2. The van der Waals surface area contributed by atoms with Crippen LogP contribution in [-0.4, -0.2) is 56.5 Å². The fourth-order valence-electron chi connectivity index (χ4n) is 1.82. The highest BCUT2D eigenvalue weighted by atomic mass is 31.2. The van der Waals surface area contributed by atoms with Crippen LogP contribution in [0.2, 0.25) is 0 Å². The highest BCUT2D eigenvalue weighted by molar-refractivity contribution is 7.51. The Bertz CT molecular complexity index is 230. The van der Waals surface area contributed by atoms with Gasteiger partial charge in [-0.2, -0.15) is 0 Å². The molecule has 0 aromatic rings. The second kappa shape index (κ2) is 6.69. The summed E-state index contributed by atoms with van der Waals surface area (Å²) < 4.78 is 11.0. The summed E-state index contributed by atoms with van der Waals surface area (Å²) in [4.78, 5) is 19.4. The first-order valence-electron chi connectivity index (χ1n) is 5.36. The maximum Gasteiger partial charge on any atom is 0.339 e. The van der Waals surface area contributed by atoms with Crippen molar-refractivity contribution in [1.29, 1.82) is 0 Å². The number of β-amino-alcohol motifs (C(OH)–C–C–N with tert-alkyl or cyclic N) is 1. The van der Waals surface area contributed by atoms with Gasteiger partial charge in [0.15, 0.2) is 0 Å². The molecular weight excluding hydrogens is 233 g/mol. The average molecular weight is 255 g/mol. The Balaban J connectivity index is 4.91. The Kier molecular flexibility index (Phi) is 6.70. The standard InChI is InChI=1S/C9H22NO5P/c1-3-9(4-2,7-12)10(5-6-11)8-16(13,14)15/h11-12H,3-8H2,1-2H3,(H2,13,14,15). The van der Waals surface area contributed by atoms with Gasteiger partial charge in [0.2, 0.25) is 0 Å².